The minimum absolute atomic E-state index is 0.148. The summed E-state index contributed by atoms with van der Waals surface area (Å²) < 4.78 is 33.1. The van der Waals surface area contributed by atoms with Gasteiger partial charge in [-0.15, -0.1) is 0 Å². The lowest BCUT2D eigenvalue weighted by atomic mass is 10.1. The van der Waals surface area contributed by atoms with Crippen LogP contribution in [0.3, 0.4) is 0 Å². The number of methoxy groups -OCH3 is 1. The maximum atomic E-state index is 12.2. The summed E-state index contributed by atoms with van der Waals surface area (Å²) in [5.41, 5.74) is 0.0613. The second-order valence-electron chi connectivity index (χ2n) is 3.36. The zero-order valence-corrected chi connectivity index (χ0v) is 9.91. The van der Waals surface area contributed by atoms with Gasteiger partial charge in [-0.3, -0.25) is 4.79 Å². The van der Waals surface area contributed by atoms with Crippen molar-refractivity contribution in [1.29, 1.82) is 0 Å². The Kier molecular flexibility index (Phi) is 4.76. The molecule has 1 aromatic rings. The molecule has 0 atom stereocenters. The van der Waals surface area contributed by atoms with E-state index in [1.54, 1.807) is 6.92 Å². The van der Waals surface area contributed by atoms with E-state index >= 15 is 0 Å². The van der Waals surface area contributed by atoms with E-state index < -0.39 is 12.6 Å². The van der Waals surface area contributed by atoms with E-state index in [2.05, 4.69) is 9.47 Å². The molecule has 0 amide bonds. The van der Waals surface area contributed by atoms with Crippen LogP contribution in [0, 0.1) is 0 Å². The smallest absolute Gasteiger partial charge is 0.387 e. The third kappa shape index (κ3) is 3.26. The topological polar surface area (TPSA) is 52.6 Å². The van der Waals surface area contributed by atoms with E-state index in [-0.39, 0.29) is 29.1 Å². The van der Waals surface area contributed by atoms with Gasteiger partial charge in [0, 0.05) is 12.0 Å². The second kappa shape index (κ2) is 6.09. The Morgan fingerprint density at radius 2 is 2.00 bits per heavy atom. The van der Waals surface area contributed by atoms with Crippen molar-refractivity contribution in [3.63, 3.8) is 0 Å². The van der Waals surface area contributed by atoms with Gasteiger partial charge in [-0.1, -0.05) is 13.0 Å². The quantitative estimate of drug-likeness (QED) is 0.602. The largest absolute Gasteiger partial charge is 0.465 e. The zero-order valence-electron chi connectivity index (χ0n) is 9.91. The van der Waals surface area contributed by atoms with E-state index in [9.17, 15) is 18.4 Å². The molecule has 0 saturated heterocycles. The molecule has 4 nitrogen and oxygen atoms in total. The maximum Gasteiger partial charge on any atom is 0.387 e. The number of rotatable bonds is 5. The first-order valence-electron chi connectivity index (χ1n) is 5.20. The van der Waals surface area contributed by atoms with E-state index in [1.165, 1.54) is 12.1 Å². The summed E-state index contributed by atoms with van der Waals surface area (Å²) in [4.78, 5) is 22.8. The van der Waals surface area contributed by atoms with Crippen LogP contribution >= 0.6 is 0 Å². The van der Waals surface area contributed by atoms with Gasteiger partial charge in [-0.05, 0) is 12.1 Å². The van der Waals surface area contributed by atoms with Crippen LogP contribution < -0.4 is 4.74 Å². The number of Topliss-reactive ketones (excluding diaryl/α,β-unsaturated/α-hetero) is 1. The molecule has 0 bridgehead atoms. The minimum Gasteiger partial charge on any atom is -0.465 e. The van der Waals surface area contributed by atoms with Gasteiger partial charge >= 0.3 is 12.6 Å². The highest BCUT2D eigenvalue weighted by Gasteiger charge is 2.18. The van der Waals surface area contributed by atoms with Crippen molar-refractivity contribution < 1.29 is 27.8 Å². The lowest BCUT2D eigenvalue weighted by Gasteiger charge is -2.10. The van der Waals surface area contributed by atoms with Gasteiger partial charge in [-0.2, -0.15) is 8.78 Å². The maximum absolute atomic E-state index is 12.2. The predicted octanol–water partition coefficient (Wildman–Crippen LogP) is 2.67. The van der Waals surface area contributed by atoms with Crippen molar-refractivity contribution >= 4 is 11.8 Å². The number of hydrogen-bond acceptors (Lipinski definition) is 4. The van der Waals surface area contributed by atoms with Gasteiger partial charge in [0.15, 0.2) is 5.78 Å². The lowest BCUT2D eigenvalue weighted by molar-refractivity contribution is -0.0504. The number of benzene rings is 1. The lowest BCUT2D eigenvalue weighted by Crippen LogP contribution is -2.10. The van der Waals surface area contributed by atoms with Gasteiger partial charge < -0.3 is 9.47 Å². The van der Waals surface area contributed by atoms with Crippen LogP contribution in [0.5, 0.6) is 5.75 Å². The highest BCUT2D eigenvalue weighted by atomic mass is 19.3. The normalized spacial score (nSPS) is 10.3. The number of carbonyl (C=O) groups is 2. The molecule has 0 aliphatic rings. The monoisotopic (exact) mass is 258 g/mol. The first kappa shape index (κ1) is 14.1. The summed E-state index contributed by atoms with van der Waals surface area (Å²) in [6.07, 6.45) is 0.228. The molecule has 0 aliphatic heterocycles. The van der Waals surface area contributed by atoms with Crippen molar-refractivity contribution in [2.75, 3.05) is 7.11 Å². The molecule has 0 saturated carbocycles. The van der Waals surface area contributed by atoms with Crippen molar-refractivity contribution in [1.82, 2.24) is 0 Å². The van der Waals surface area contributed by atoms with Crippen molar-refractivity contribution in [2.45, 2.75) is 20.0 Å². The average Bonchev–Trinajstić information content (AvgIpc) is 2.36. The zero-order chi connectivity index (χ0) is 13.7. The fraction of sp³-hybridized carbons (Fsp3) is 0.333. The van der Waals surface area contributed by atoms with Gasteiger partial charge in [-0.25, -0.2) is 4.79 Å². The fourth-order valence-electron chi connectivity index (χ4n) is 1.37. The third-order valence-electron chi connectivity index (χ3n) is 2.25. The minimum atomic E-state index is -3.08. The predicted molar refractivity (Wildman–Crippen MR) is 59.0 cm³/mol. The Hall–Kier alpha value is -1.98. The van der Waals surface area contributed by atoms with Crippen LogP contribution in [0.1, 0.15) is 34.1 Å². The number of carbonyl (C=O) groups excluding carboxylic acids is 2. The summed E-state index contributed by atoms with van der Waals surface area (Å²) in [7, 11) is 1.12. The standard InChI is InChI=1S/C12H12F2O4/c1-3-9(15)7-4-5-8(11(16)17-2)10(6-7)18-12(13)14/h4-6,12H,3H2,1-2H3. The summed E-state index contributed by atoms with van der Waals surface area (Å²) in [5.74, 6) is -1.40. The highest BCUT2D eigenvalue weighted by molar-refractivity contribution is 5.99. The fourth-order valence-corrected chi connectivity index (χ4v) is 1.37. The first-order valence-corrected chi connectivity index (χ1v) is 5.20. The molecular weight excluding hydrogens is 246 g/mol. The van der Waals surface area contributed by atoms with E-state index in [4.69, 9.17) is 0 Å². The summed E-state index contributed by atoms with van der Waals surface area (Å²) in [6, 6.07) is 3.72. The van der Waals surface area contributed by atoms with Crippen LogP contribution in [-0.4, -0.2) is 25.5 Å². The van der Waals surface area contributed by atoms with Gasteiger partial charge in [0.25, 0.3) is 0 Å². The van der Waals surface area contributed by atoms with Crippen LogP contribution in [0.2, 0.25) is 0 Å². The molecule has 98 valence electrons. The van der Waals surface area contributed by atoms with Crippen LogP contribution in [0.25, 0.3) is 0 Å². The summed E-state index contributed by atoms with van der Waals surface area (Å²) >= 11 is 0. The Labute approximate surface area is 103 Å². The Balaban J connectivity index is 3.19. The Morgan fingerprint density at radius 1 is 1.33 bits per heavy atom. The molecule has 0 spiro atoms. The Bertz CT molecular complexity index is 457. The molecule has 0 unspecified atom stereocenters. The summed E-state index contributed by atoms with van der Waals surface area (Å²) in [5, 5.41) is 0. The number of hydrogen-bond donors (Lipinski definition) is 0. The van der Waals surface area contributed by atoms with Crippen LogP contribution in [-0.2, 0) is 4.74 Å². The van der Waals surface area contributed by atoms with E-state index in [0.29, 0.717) is 0 Å². The molecule has 0 N–H and O–H groups in total. The number of alkyl halides is 2. The molecule has 6 heteroatoms. The second-order valence-corrected chi connectivity index (χ2v) is 3.36. The van der Waals surface area contributed by atoms with Crippen molar-refractivity contribution in [3.8, 4) is 5.75 Å². The molecular formula is C12H12F2O4. The number of ether oxygens (including phenoxy) is 2. The van der Waals surface area contributed by atoms with Crippen molar-refractivity contribution in [2.24, 2.45) is 0 Å². The van der Waals surface area contributed by atoms with Crippen molar-refractivity contribution in [3.05, 3.63) is 29.3 Å². The molecule has 1 aromatic carbocycles. The van der Waals surface area contributed by atoms with Crippen LogP contribution in [0.4, 0.5) is 8.78 Å². The van der Waals surface area contributed by atoms with Gasteiger partial charge in [0.2, 0.25) is 0 Å². The first-order chi connectivity index (χ1) is 8.49. The molecule has 1 rings (SSSR count). The molecule has 0 radical (unpaired) electrons. The molecule has 18 heavy (non-hydrogen) atoms. The molecule has 0 aromatic heterocycles. The SMILES string of the molecule is CCC(=O)c1ccc(C(=O)OC)c(OC(F)F)c1. The number of ketones is 1. The molecule has 0 aliphatic carbocycles. The Morgan fingerprint density at radius 3 is 2.50 bits per heavy atom. The number of esters is 1. The third-order valence-corrected chi connectivity index (χ3v) is 2.25. The summed E-state index contributed by atoms with van der Waals surface area (Å²) in [6.45, 7) is -1.44. The van der Waals surface area contributed by atoms with E-state index in [1.807, 2.05) is 0 Å². The molecule has 0 fully saturated rings. The molecule has 0 heterocycles. The van der Waals surface area contributed by atoms with Crippen LogP contribution in [0.15, 0.2) is 18.2 Å². The average molecular weight is 258 g/mol. The van der Waals surface area contributed by atoms with E-state index in [0.717, 1.165) is 13.2 Å². The highest BCUT2D eigenvalue weighted by Crippen LogP contribution is 2.24. The van der Waals surface area contributed by atoms with Gasteiger partial charge in [0.05, 0.1) is 7.11 Å². The number of halogens is 2. The van der Waals surface area contributed by atoms with Gasteiger partial charge in [0.1, 0.15) is 11.3 Å².